The van der Waals surface area contributed by atoms with Crippen molar-refractivity contribution in [3.05, 3.63) is 97.6 Å². The molecule has 4 aromatic heterocycles. The molecule has 0 aromatic carbocycles. The fourth-order valence-corrected chi connectivity index (χ4v) is 2.49. The van der Waals surface area contributed by atoms with Gasteiger partial charge in [0.25, 0.3) is 0 Å². The summed E-state index contributed by atoms with van der Waals surface area (Å²) < 4.78 is 8.06. The first-order valence-corrected chi connectivity index (χ1v) is 11.8. The molecule has 0 bridgehead atoms. The van der Waals surface area contributed by atoms with E-state index in [1.165, 1.54) is 0 Å². The number of carbonyl (C=O) groups excluding carboxylic acids is 4. The van der Waals surface area contributed by atoms with Crippen LogP contribution in [0.25, 0.3) is 22.8 Å². The Kier molecular flexibility index (Phi) is 41.0. The third-order valence-electron chi connectivity index (χ3n) is 4.06. The maximum atomic E-state index is 9.53. The average Bonchev–Trinajstić information content (AvgIpc) is 2.99. The molecule has 0 aliphatic rings. The van der Waals surface area contributed by atoms with Gasteiger partial charge < -0.3 is 71.0 Å². The van der Waals surface area contributed by atoms with Gasteiger partial charge in [-0.3, -0.25) is 19.9 Å². The average molecular weight is 746 g/mol. The normalized spacial score (nSPS) is 8.17. The van der Waals surface area contributed by atoms with Gasteiger partial charge in [0.1, 0.15) is 0 Å². The third kappa shape index (κ3) is 30.1. The van der Waals surface area contributed by atoms with Crippen LogP contribution in [0.15, 0.2) is 97.6 Å². The van der Waals surface area contributed by atoms with Crippen LogP contribution in [-0.2, 0) is 76.7 Å². The minimum absolute atomic E-state index is 0. The molecule has 0 fully saturated rings. The number of nitrogens with zero attached hydrogens (tertiary/aromatic N) is 4. The summed E-state index contributed by atoms with van der Waals surface area (Å²) in [4.78, 5) is 54.9. The summed E-state index contributed by atoms with van der Waals surface area (Å²) in [7, 11) is 0. The van der Waals surface area contributed by atoms with Crippen molar-refractivity contribution in [3.8, 4) is 22.8 Å². The Balaban J connectivity index is -0.000000119. The van der Waals surface area contributed by atoms with E-state index >= 15 is 0 Å². The summed E-state index contributed by atoms with van der Waals surface area (Å²) in [6.45, 7) is -2.86. The Morgan fingerprint density at radius 3 is 0.750 bits per heavy atom. The van der Waals surface area contributed by atoms with Gasteiger partial charge in [-0.05, 0) is 48.5 Å². The number of carbonyl (C=O) groups is 4. The largest absolute Gasteiger partial charge is 4.00 e. The monoisotopic (exact) mass is 746 g/mol. The van der Waals surface area contributed by atoms with Crippen LogP contribution < -0.4 is 20.4 Å². The number of hydrogen-bond donors (Lipinski definition) is 0. The number of pyridine rings is 4. The molecule has 48 heavy (non-hydrogen) atoms. The molecule has 4 aromatic rings. The molecule has 0 unspecified atom stereocenters. The van der Waals surface area contributed by atoms with Crippen LogP contribution >= 0.6 is 0 Å². The third-order valence-corrected chi connectivity index (χ3v) is 4.06. The summed E-state index contributed by atoms with van der Waals surface area (Å²) in [5.74, 6) is -5.79. The molecule has 18 nitrogen and oxygen atoms in total. The first-order chi connectivity index (χ1) is 20.2. The molecule has 0 spiro atoms. The van der Waals surface area contributed by atoms with Gasteiger partial charge in [-0.25, -0.2) is 0 Å². The van der Waals surface area contributed by atoms with Gasteiger partial charge in [0.2, 0.25) is 0 Å². The SMILES string of the molecule is O.O.O=C([O-])COCC(=O)[O-].O=C([O-])COCC(=O)[O-].[O-2].[O-2].[V+4].[V+4].c1ccc(-c2ccccn2)nc1.c1ccc(-c2ccccn2)nc1. The van der Waals surface area contributed by atoms with Crippen LogP contribution in [-0.4, -0.2) is 81.2 Å². The van der Waals surface area contributed by atoms with Crippen LogP contribution in [0.5, 0.6) is 0 Å². The maximum absolute atomic E-state index is 9.53. The minimum atomic E-state index is -1.45. The topological polar surface area (TPSA) is 351 Å². The van der Waals surface area contributed by atoms with Crippen LogP contribution in [0.4, 0.5) is 0 Å². The second-order valence-electron chi connectivity index (χ2n) is 7.33. The summed E-state index contributed by atoms with van der Waals surface area (Å²) >= 11 is 0. The molecule has 4 rings (SSSR count). The molecule has 254 valence electrons. The zero-order chi connectivity index (χ0) is 31.0. The van der Waals surface area contributed by atoms with E-state index in [1.807, 2.05) is 72.8 Å². The number of carboxylic acid groups (broad SMARTS) is 4. The van der Waals surface area contributed by atoms with Crippen LogP contribution in [0.3, 0.4) is 0 Å². The smallest absolute Gasteiger partial charge is 2.00 e. The summed E-state index contributed by atoms with van der Waals surface area (Å²) in [6, 6.07) is 23.2. The van der Waals surface area contributed by atoms with Gasteiger partial charge in [0, 0.05) is 24.8 Å². The van der Waals surface area contributed by atoms with Gasteiger partial charge in [-0.15, -0.1) is 0 Å². The van der Waals surface area contributed by atoms with E-state index in [0.717, 1.165) is 22.8 Å². The molecule has 2 radical (unpaired) electrons. The van der Waals surface area contributed by atoms with E-state index in [2.05, 4.69) is 29.4 Å². The van der Waals surface area contributed by atoms with E-state index < -0.39 is 50.3 Å². The van der Waals surface area contributed by atoms with Gasteiger partial charge in [-0.2, -0.15) is 0 Å². The number of hydrogen-bond acceptors (Lipinski definition) is 14. The van der Waals surface area contributed by atoms with Crippen molar-refractivity contribution in [1.82, 2.24) is 19.9 Å². The van der Waals surface area contributed by atoms with Crippen LogP contribution in [0.2, 0.25) is 0 Å². The molecule has 0 amide bonds. The standard InChI is InChI=1S/2C10H8N2.2C4H6O5.2H2O.2O.2V/c2*1-3-7-11-9(5-1)10-6-2-4-8-12-10;2*5-3(6)1-9-2-4(7)8;;;;;;/h2*1-8H;2*1-2H2,(H,5,6)(H,7,8);2*1H2;;;;/q;;;;;;2*-2;2*+4/p-4. The fourth-order valence-electron chi connectivity index (χ4n) is 2.49. The molecule has 0 saturated heterocycles. The van der Waals surface area contributed by atoms with Gasteiger partial charge in [0.05, 0.1) is 73.1 Å². The Morgan fingerprint density at radius 1 is 0.438 bits per heavy atom. The second kappa shape index (κ2) is 35.3. The molecule has 0 atom stereocenters. The van der Waals surface area contributed by atoms with Crippen molar-refractivity contribution in [2.24, 2.45) is 0 Å². The van der Waals surface area contributed by atoms with Crippen molar-refractivity contribution < 1.29 is 108 Å². The Bertz CT molecular complexity index is 1140. The predicted octanol–water partition coefficient (Wildman–Crippen LogP) is -4.60. The Morgan fingerprint density at radius 2 is 0.625 bits per heavy atom. The van der Waals surface area contributed by atoms with E-state index in [0.29, 0.717) is 0 Å². The number of aliphatic carboxylic acids is 4. The molecule has 0 aliphatic heterocycles. The van der Waals surface area contributed by atoms with Crippen LogP contribution in [0.1, 0.15) is 0 Å². The molecule has 4 heterocycles. The number of carboxylic acids is 4. The van der Waals surface area contributed by atoms with E-state index in [-0.39, 0.29) is 59.0 Å². The van der Waals surface area contributed by atoms with Crippen molar-refractivity contribution in [1.29, 1.82) is 0 Å². The van der Waals surface area contributed by atoms with Crippen molar-refractivity contribution in [3.63, 3.8) is 0 Å². The van der Waals surface area contributed by atoms with Crippen molar-refractivity contribution in [2.45, 2.75) is 0 Å². The minimum Gasteiger partial charge on any atom is -2.00 e. The Hall–Kier alpha value is -4.59. The first kappa shape index (κ1) is 55.8. The van der Waals surface area contributed by atoms with Gasteiger partial charge in [-0.1, -0.05) is 24.3 Å². The molecule has 20 heteroatoms. The fraction of sp³-hybridized carbons (Fsp3) is 0.143. The molecule has 0 aliphatic carbocycles. The Labute approximate surface area is 297 Å². The number of rotatable bonds is 10. The summed E-state index contributed by atoms with van der Waals surface area (Å²) in [5, 5.41) is 38.1. The quantitative estimate of drug-likeness (QED) is 0.147. The molecule has 0 saturated carbocycles. The molecular formula is C28H28N4O14V2. The second-order valence-corrected chi connectivity index (χ2v) is 7.33. The predicted molar refractivity (Wildman–Crippen MR) is 145 cm³/mol. The summed E-state index contributed by atoms with van der Waals surface area (Å²) in [5.41, 5.74) is 3.66. The van der Waals surface area contributed by atoms with E-state index in [9.17, 15) is 39.6 Å². The van der Waals surface area contributed by atoms with Gasteiger partial charge in [0.15, 0.2) is 0 Å². The zero-order valence-corrected chi connectivity index (χ0v) is 27.4. The van der Waals surface area contributed by atoms with Crippen molar-refractivity contribution >= 4 is 23.9 Å². The number of aromatic nitrogens is 4. The van der Waals surface area contributed by atoms with Crippen molar-refractivity contribution in [2.75, 3.05) is 26.4 Å². The molecular weight excluding hydrogens is 718 g/mol. The van der Waals surface area contributed by atoms with Crippen LogP contribution in [0, 0.1) is 0 Å². The first-order valence-electron chi connectivity index (χ1n) is 11.8. The maximum Gasteiger partial charge on any atom is 4.00 e. The number of ether oxygens (including phenoxy) is 2. The summed E-state index contributed by atoms with van der Waals surface area (Å²) in [6.07, 6.45) is 7.07. The van der Waals surface area contributed by atoms with Gasteiger partial charge >= 0.3 is 37.1 Å². The zero-order valence-electron chi connectivity index (χ0n) is 24.6. The van der Waals surface area contributed by atoms with E-state index in [1.54, 1.807) is 24.8 Å². The van der Waals surface area contributed by atoms with E-state index in [4.69, 9.17) is 0 Å². The molecule has 4 N–H and O–H groups in total.